The van der Waals surface area contributed by atoms with Gasteiger partial charge in [0.05, 0.1) is 18.4 Å². The van der Waals surface area contributed by atoms with Crippen molar-refractivity contribution in [2.75, 3.05) is 0 Å². The molecule has 1 aromatic carbocycles. The second-order valence-corrected chi connectivity index (χ2v) is 4.38. The molecule has 3 aromatic rings. The molecule has 1 amide bonds. The van der Waals surface area contributed by atoms with Crippen molar-refractivity contribution in [3.05, 3.63) is 59.9 Å². The van der Waals surface area contributed by atoms with Crippen molar-refractivity contribution in [2.45, 2.75) is 6.54 Å². The van der Waals surface area contributed by atoms with Crippen molar-refractivity contribution in [3.63, 3.8) is 0 Å². The fourth-order valence-corrected chi connectivity index (χ4v) is 2.21. The number of hydrazine groups is 1. The van der Waals surface area contributed by atoms with Gasteiger partial charge < -0.3 is 8.98 Å². The lowest BCUT2D eigenvalue weighted by molar-refractivity contribution is 0.0951. The summed E-state index contributed by atoms with van der Waals surface area (Å²) in [5.41, 5.74) is 3.32. The lowest BCUT2D eigenvalue weighted by Crippen LogP contribution is -2.30. The van der Waals surface area contributed by atoms with Crippen molar-refractivity contribution in [1.82, 2.24) is 9.99 Å². The number of furan rings is 1. The Labute approximate surface area is 113 Å². The number of nitrogens with one attached hydrogen (secondary N) is 1. The molecular formula is C14H12FN3O2. The Morgan fingerprint density at radius 1 is 1.35 bits per heavy atom. The van der Waals surface area contributed by atoms with Crippen LogP contribution in [0.5, 0.6) is 0 Å². The smallest absolute Gasteiger partial charge is 0.268 e. The van der Waals surface area contributed by atoms with Gasteiger partial charge in [0.15, 0.2) is 0 Å². The Hall–Kier alpha value is -2.60. The summed E-state index contributed by atoms with van der Waals surface area (Å²) in [4.78, 5) is 11.6. The number of halogens is 1. The molecule has 0 bridgehead atoms. The fraction of sp³-hybridized carbons (Fsp3) is 0.0714. The summed E-state index contributed by atoms with van der Waals surface area (Å²) in [6.07, 6.45) is 3.25. The molecule has 20 heavy (non-hydrogen) atoms. The van der Waals surface area contributed by atoms with E-state index in [4.69, 9.17) is 10.3 Å². The van der Waals surface area contributed by atoms with E-state index in [0.29, 0.717) is 17.9 Å². The van der Waals surface area contributed by atoms with Crippen molar-refractivity contribution in [2.24, 2.45) is 5.84 Å². The standard InChI is InChI=1S/C14H12FN3O2/c15-10-1-2-12-9(7-10)3-5-18(12)8-13-11(4-6-20-13)14(19)17-16/h1-7H,8,16H2,(H,17,19). The van der Waals surface area contributed by atoms with E-state index in [1.54, 1.807) is 12.1 Å². The van der Waals surface area contributed by atoms with Gasteiger partial charge in [0, 0.05) is 17.1 Å². The number of carbonyl (C=O) groups excluding carboxylic acids is 1. The Kier molecular flexibility index (Phi) is 3.00. The molecule has 0 unspecified atom stereocenters. The number of hydrogen-bond donors (Lipinski definition) is 2. The average Bonchev–Trinajstić information content (AvgIpc) is 3.05. The van der Waals surface area contributed by atoms with Gasteiger partial charge in [-0.05, 0) is 30.3 Å². The Morgan fingerprint density at radius 2 is 2.20 bits per heavy atom. The van der Waals surface area contributed by atoms with Crippen LogP contribution < -0.4 is 11.3 Å². The molecule has 3 rings (SSSR count). The van der Waals surface area contributed by atoms with Crippen LogP contribution in [0.25, 0.3) is 10.9 Å². The van der Waals surface area contributed by atoms with Gasteiger partial charge in [0.25, 0.3) is 5.91 Å². The summed E-state index contributed by atoms with van der Waals surface area (Å²) >= 11 is 0. The van der Waals surface area contributed by atoms with Crippen molar-refractivity contribution >= 4 is 16.8 Å². The molecule has 0 fully saturated rings. The third-order valence-electron chi connectivity index (χ3n) is 3.17. The Bertz CT molecular complexity index is 776. The molecule has 2 aromatic heterocycles. The molecule has 3 N–H and O–H groups in total. The van der Waals surface area contributed by atoms with E-state index in [1.165, 1.54) is 18.4 Å². The van der Waals surface area contributed by atoms with E-state index in [1.807, 2.05) is 16.8 Å². The quantitative estimate of drug-likeness (QED) is 0.435. The van der Waals surface area contributed by atoms with Gasteiger partial charge in [-0.2, -0.15) is 0 Å². The van der Waals surface area contributed by atoms with Crippen LogP contribution in [-0.4, -0.2) is 10.5 Å². The summed E-state index contributed by atoms with van der Waals surface area (Å²) in [5.74, 6) is 4.93. The van der Waals surface area contributed by atoms with Gasteiger partial charge in [-0.25, -0.2) is 10.2 Å². The van der Waals surface area contributed by atoms with Crippen LogP contribution in [0.1, 0.15) is 16.1 Å². The molecule has 0 aliphatic carbocycles. The molecule has 0 aliphatic rings. The molecule has 0 atom stereocenters. The maximum absolute atomic E-state index is 13.1. The van der Waals surface area contributed by atoms with Crippen molar-refractivity contribution in [1.29, 1.82) is 0 Å². The van der Waals surface area contributed by atoms with Gasteiger partial charge in [-0.15, -0.1) is 0 Å². The van der Waals surface area contributed by atoms with Gasteiger partial charge in [0.1, 0.15) is 11.6 Å². The second kappa shape index (κ2) is 4.82. The van der Waals surface area contributed by atoms with Gasteiger partial charge in [-0.3, -0.25) is 10.2 Å². The predicted octanol–water partition coefficient (Wildman–Crippen LogP) is 2.03. The average molecular weight is 273 g/mol. The number of rotatable bonds is 3. The molecule has 2 heterocycles. The highest BCUT2D eigenvalue weighted by Gasteiger charge is 2.14. The van der Waals surface area contributed by atoms with Crippen LogP contribution in [0.15, 0.2) is 47.2 Å². The summed E-state index contributed by atoms with van der Waals surface area (Å²) in [5, 5.41) is 0.793. The molecule has 0 aliphatic heterocycles. The van der Waals surface area contributed by atoms with E-state index >= 15 is 0 Å². The first-order valence-electron chi connectivity index (χ1n) is 6.01. The highest BCUT2D eigenvalue weighted by atomic mass is 19.1. The zero-order chi connectivity index (χ0) is 14.1. The van der Waals surface area contributed by atoms with E-state index in [-0.39, 0.29) is 5.82 Å². The number of hydrogen-bond acceptors (Lipinski definition) is 3. The van der Waals surface area contributed by atoms with Crippen LogP contribution in [-0.2, 0) is 6.54 Å². The summed E-state index contributed by atoms with van der Waals surface area (Å²) < 4.78 is 20.3. The van der Waals surface area contributed by atoms with Gasteiger partial charge in [-0.1, -0.05) is 0 Å². The first-order chi connectivity index (χ1) is 9.69. The third kappa shape index (κ3) is 2.06. The van der Waals surface area contributed by atoms with Crippen LogP contribution in [0.2, 0.25) is 0 Å². The number of aromatic nitrogens is 1. The van der Waals surface area contributed by atoms with Crippen molar-refractivity contribution in [3.8, 4) is 0 Å². The van der Waals surface area contributed by atoms with Crippen LogP contribution >= 0.6 is 0 Å². The van der Waals surface area contributed by atoms with Crippen molar-refractivity contribution < 1.29 is 13.6 Å². The highest BCUT2D eigenvalue weighted by Crippen LogP contribution is 2.20. The lowest BCUT2D eigenvalue weighted by atomic mass is 10.2. The van der Waals surface area contributed by atoms with Gasteiger partial charge in [0.2, 0.25) is 0 Å². The molecular weight excluding hydrogens is 261 g/mol. The minimum Gasteiger partial charge on any atom is -0.467 e. The molecule has 102 valence electrons. The zero-order valence-corrected chi connectivity index (χ0v) is 10.5. The fourth-order valence-electron chi connectivity index (χ4n) is 2.21. The first-order valence-corrected chi connectivity index (χ1v) is 6.01. The molecule has 0 spiro atoms. The number of amides is 1. The summed E-state index contributed by atoms with van der Waals surface area (Å²) in [7, 11) is 0. The topological polar surface area (TPSA) is 73.2 Å². The maximum atomic E-state index is 13.1. The number of nitrogens with zero attached hydrogens (tertiary/aromatic N) is 1. The molecule has 5 nitrogen and oxygen atoms in total. The normalized spacial score (nSPS) is 10.9. The molecule has 6 heteroatoms. The zero-order valence-electron chi connectivity index (χ0n) is 10.5. The van der Waals surface area contributed by atoms with E-state index < -0.39 is 5.91 Å². The van der Waals surface area contributed by atoms with E-state index in [0.717, 1.165) is 10.9 Å². The molecule has 0 radical (unpaired) electrons. The summed E-state index contributed by atoms with van der Waals surface area (Å²) in [6, 6.07) is 7.92. The largest absolute Gasteiger partial charge is 0.467 e. The third-order valence-corrected chi connectivity index (χ3v) is 3.17. The SMILES string of the molecule is NNC(=O)c1ccoc1Cn1ccc2cc(F)ccc21. The minimum atomic E-state index is -0.406. The Balaban J connectivity index is 1.98. The number of benzene rings is 1. The minimum absolute atomic E-state index is 0.281. The van der Waals surface area contributed by atoms with Crippen LogP contribution in [0, 0.1) is 5.82 Å². The van der Waals surface area contributed by atoms with E-state index in [2.05, 4.69) is 5.43 Å². The predicted molar refractivity (Wildman–Crippen MR) is 71.4 cm³/mol. The van der Waals surface area contributed by atoms with Gasteiger partial charge >= 0.3 is 0 Å². The maximum Gasteiger partial charge on any atom is 0.268 e. The lowest BCUT2D eigenvalue weighted by Gasteiger charge is -2.05. The number of nitrogens with two attached hydrogens (primary N) is 1. The highest BCUT2D eigenvalue weighted by molar-refractivity contribution is 5.94. The number of carbonyl (C=O) groups is 1. The monoisotopic (exact) mass is 273 g/mol. The number of nitrogen functional groups attached to an aromatic ring is 1. The second-order valence-electron chi connectivity index (χ2n) is 4.38. The Morgan fingerprint density at radius 3 is 3.00 bits per heavy atom. The summed E-state index contributed by atoms with van der Waals surface area (Å²) in [6.45, 7) is 0.366. The molecule has 0 saturated heterocycles. The van der Waals surface area contributed by atoms with Crippen LogP contribution in [0.4, 0.5) is 4.39 Å². The van der Waals surface area contributed by atoms with Crippen LogP contribution in [0.3, 0.4) is 0 Å². The number of fused-ring (bicyclic) bond motifs is 1. The first kappa shape index (κ1) is 12.4. The van der Waals surface area contributed by atoms with E-state index in [9.17, 15) is 9.18 Å². The molecule has 0 saturated carbocycles.